The normalized spacial score (nSPS) is 11.7. The van der Waals surface area contributed by atoms with Crippen LogP contribution in [0.1, 0.15) is 5.56 Å². The van der Waals surface area contributed by atoms with E-state index in [9.17, 15) is 12.8 Å². The van der Waals surface area contributed by atoms with Crippen LogP contribution < -0.4 is 4.72 Å². The Kier molecular flexibility index (Phi) is 5.59. The summed E-state index contributed by atoms with van der Waals surface area (Å²) in [5.41, 5.74) is 0.638. The molecule has 1 N–H and O–H groups in total. The standard InChI is InChI=1S/C13H14FNO2S3/c14-12-5-2-1-4-11(12)10-18-9-7-15-20(16,17)13-6-3-8-19-13/h1-6,8,15H,7,9-10H2. The number of benzene rings is 1. The van der Waals surface area contributed by atoms with E-state index < -0.39 is 10.0 Å². The van der Waals surface area contributed by atoms with Gasteiger partial charge in [0, 0.05) is 18.1 Å². The number of nitrogens with one attached hydrogen (secondary N) is 1. The number of hydrogen-bond donors (Lipinski definition) is 1. The predicted molar refractivity (Wildman–Crippen MR) is 82.1 cm³/mol. The molecule has 3 nitrogen and oxygen atoms in total. The molecule has 1 heterocycles. The molecule has 0 spiro atoms. The van der Waals surface area contributed by atoms with Crippen LogP contribution in [0.5, 0.6) is 0 Å². The number of thiophene rings is 1. The summed E-state index contributed by atoms with van der Waals surface area (Å²) >= 11 is 2.68. The smallest absolute Gasteiger partial charge is 0.210 e. The van der Waals surface area contributed by atoms with Gasteiger partial charge < -0.3 is 0 Å². The van der Waals surface area contributed by atoms with E-state index in [2.05, 4.69) is 4.72 Å². The summed E-state index contributed by atoms with van der Waals surface area (Å²) in [4.78, 5) is 0. The van der Waals surface area contributed by atoms with E-state index in [1.54, 1.807) is 35.7 Å². The minimum atomic E-state index is -3.39. The summed E-state index contributed by atoms with van der Waals surface area (Å²) in [6.07, 6.45) is 0. The molecular weight excluding hydrogens is 317 g/mol. The van der Waals surface area contributed by atoms with Crippen molar-refractivity contribution in [3.05, 3.63) is 53.2 Å². The van der Waals surface area contributed by atoms with Gasteiger partial charge in [0.2, 0.25) is 10.0 Å². The van der Waals surface area contributed by atoms with Gasteiger partial charge in [-0.3, -0.25) is 0 Å². The van der Waals surface area contributed by atoms with Crippen molar-refractivity contribution in [2.45, 2.75) is 9.96 Å². The number of sulfonamides is 1. The van der Waals surface area contributed by atoms with E-state index in [1.807, 2.05) is 0 Å². The number of thioether (sulfide) groups is 1. The molecule has 0 unspecified atom stereocenters. The predicted octanol–water partition coefficient (Wildman–Crippen LogP) is 3.10. The van der Waals surface area contributed by atoms with E-state index in [-0.39, 0.29) is 5.82 Å². The van der Waals surface area contributed by atoms with Gasteiger partial charge in [-0.25, -0.2) is 17.5 Å². The van der Waals surface area contributed by atoms with E-state index in [0.717, 1.165) is 0 Å². The maximum Gasteiger partial charge on any atom is 0.250 e. The first kappa shape index (κ1) is 15.5. The highest BCUT2D eigenvalue weighted by molar-refractivity contribution is 7.98. The quantitative estimate of drug-likeness (QED) is 0.793. The average molecular weight is 331 g/mol. The lowest BCUT2D eigenvalue weighted by Gasteiger charge is -2.05. The first-order chi connectivity index (χ1) is 9.59. The van der Waals surface area contributed by atoms with Crippen LogP contribution >= 0.6 is 23.1 Å². The Morgan fingerprint density at radius 1 is 1.20 bits per heavy atom. The number of halogens is 1. The Morgan fingerprint density at radius 2 is 2.00 bits per heavy atom. The number of hydrogen-bond acceptors (Lipinski definition) is 4. The fourth-order valence-corrected chi connectivity index (χ4v) is 4.58. The van der Waals surface area contributed by atoms with Crippen molar-refractivity contribution in [1.29, 1.82) is 0 Å². The molecule has 0 amide bonds. The zero-order valence-corrected chi connectivity index (χ0v) is 13.0. The van der Waals surface area contributed by atoms with Gasteiger partial charge in [-0.15, -0.1) is 11.3 Å². The van der Waals surface area contributed by atoms with E-state index in [0.29, 0.717) is 27.8 Å². The van der Waals surface area contributed by atoms with Crippen LogP contribution in [0.2, 0.25) is 0 Å². The Bertz CT molecular complexity index is 641. The van der Waals surface area contributed by atoms with Gasteiger partial charge in [-0.2, -0.15) is 11.8 Å². The molecular formula is C13H14FNO2S3. The van der Waals surface area contributed by atoms with Gasteiger partial charge in [0.15, 0.2) is 0 Å². The molecule has 0 aliphatic rings. The zero-order chi connectivity index (χ0) is 14.4. The minimum Gasteiger partial charge on any atom is -0.210 e. The van der Waals surface area contributed by atoms with Crippen molar-refractivity contribution in [2.24, 2.45) is 0 Å². The summed E-state index contributed by atoms with van der Waals surface area (Å²) < 4.78 is 39.8. The second-order valence-electron chi connectivity index (χ2n) is 3.97. The highest BCUT2D eigenvalue weighted by Gasteiger charge is 2.13. The van der Waals surface area contributed by atoms with Gasteiger partial charge in [0.1, 0.15) is 10.0 Å². The van der Waals surface area contributed by atoms with E-state index in [1.165, 1.54) is 29.2 Å². The molecule has 2 aromatic rings. The lowest BCUT2D eigenvalue weighted by atomic mass is 10.2. The lowest BCUT2D eigenvalue weighted by molar-refractivity contribution is 0.586. The molecule has 0 saturated carbocycles. The second-order valence-corrected chi connectivity index (χ2v) is 8.02. The molecule has 0 saturated heterocycles. The highest BCUT2D eigenvalue weighted by Crippen LogP contribution is 2.17. The monoisotopic (exact) mass is 331 g/mol. The topological polar surface area (TPSA) is 46.2 Å². The molecule has 0 fully saturated rings. The number of rotatable bonds is 7. The molecule has 1 aromatic heterocycles. The van der Waals surface area contributed by atoms with Crippen LogP contribution in [0, 0.1) is 5.82 Å². The van der Waals surface area contributed by atoms with Crippen LogP contribution in [0.15, 0.2) is 46.0 Å². The fourth-order valence-electron chi connectivity index (χ4n) is 1.53. The SMILES string of the molecule is O=S(=O)(NCCSCc1ccccc1F)c1cccs1. The van der Waals surface area contributed by atoms with E-state index in [4.69, 9.17) is 0 Å². The van der Waals surface area contributed by atoms with E-state index >= 15 is 0 Å². The van der Waals surface area contributed by atoms with Gasteiger partial charge in [-0.05, 0) is 23.1 Å². The van der Waals surface area contributed by atoms with Gasteiger partial charge in [0.05, 0.1) is 0 Å². The summed E-state index contributed by atoms with van der Waals surface area (Å²) in [7, 11) is -3.39. The third-order valence-electron chi connectivity index (χ3n) is 2.51. The maximum atomic E-state index is 13.4. The third-order valence-corrected chi connectivity index (χ3v) is 6.38. The Hall–Kier alpha value is -0.890. The molecule has 20 heavy (non-hydrogen) atoms. The van der Waals surface area contributed by atoms with Crippen LogP contribution in [-0.4, -0.2) is 20.7 Å². The molecule has 0 aliphatic heterocycles. The fraction of sp³-hybridized carbons (Fsp3) is 0.231. The van der Waals surface area contributed by atoms with Crippen molar-refractivity contribution >= 4 is 33.1 Å². The molecule has 0 radical (unpaired) electrons. The van der Waals surface area contributed by atoms with Crippen molar-refractivity contribution in [2.75, 3.05) is 12.3 Å². The maximum absolute atomic E-state index is 13.4. The molecule has 7 heteroatoms. The molecule has 1 aromatic carbocycles. The van der Waals surface area contributed by atoms with Crippen molar-refractivity contribution < 1.29 is 12.8 Å². The van der Waals surface area contributed by atoms with Crippen LogP contribution in [0.3, 0.4) is 0 Å². The lowest BCUT2D eigenvalue weighted by Crippen LogP contribution is -2.25. The van der Waals surface area contributed by atoms with Crippen molar-refractivity contribution in [1.82, 2.24) is 4.72 Å². The second kappa shape index (κ2) is 7.21. The Labute approximate surface area is 126 Å². The zero-order valence-electron chi connectivity index (χ0n) is 10.6. The van der Waals surface area contributed by atoms with Gasteiger partial charge in [0.25, 0.3) is 0 Å². The molecule has 0 aliphatic carbocycles. The third kappa shape index (κ3) is 4.31. The van der Waals surface area contributed by atoms with Crippen LogP contribution in [0.25, 0.3) is 0 Å². The highest BCUT2D eigenvalue weighted by atomic mass is 32.2. The van der Waals surface area contributed by atoms with Gasteiger partial charge >= 0.3 is 0 Å². The molecule has 108 valence electrons. The average Bonchev–Trinajstić information content (AvgIpc) is 2.95. The molecule has 2 rings (SSSR count). The van der Waals surface area contributed by atoms with Crippen molar-refractivity contribution in [3.8, 4) is 0 Å². The summed E-state index contributed by atoms with van der Waals surface area (Å²) in [5.74, 6) is 0.908. The minimum absolute atomic E-state index is 0.223. The first-order valence-corrected chi connectivity index (χ1v) is 9.46. The summed E-state index contributed by atoms with van der Waals surface area (Å²) in [6, 6.07) is 9.87. The first-order valence-electron chi connectivity index (χ1n) is 5.94. The molecule has 0 atom stereocenters. The van der Waals surface area contributed by atoms with Gasteiger partial charge in [-0.1, -0.05) is 24.3 Å². The molecule has 0 bridgehead atoms. The van der Waals surface area contributed by atoms with Crippen molar-refractivity contribution in [3.63, 3.8) is 0 Å². The Balaban J connectivity index is 1.74. The Morgan fingerprint density at radius 3 is 2.70 bits per heavy atom. The van der Waals surface area contributed by atoms with Crippen LogP contribution in [-0.2, 0) is 15.8 Å². The summed E-state index contributed by atoms with van der Waals surface area (Å²) in [5, 5.41) is 1.72. The largest absolute Gasteiger partial charge is 0.250 e. The summed E-state index contributed by atoms with van der Waals surface area (Å²) in [6.45, 7) is 0.333. The van der Waals surface area contributed by atoms with Crippen LogP contribution in [0.4, 0.5) is 4.39 Å².